The summed E-state index contributed by atoms with van der Waals surface area (Å²) >= 11 is 0. The molecule has 1 unspecified atom stereocenters. The second-order valence-corrected chi connectivity index (χ2v) is 5.82. The molecule has 4 heteroatoms. The first-order valence-electron chi connectivity index (χ1n) is 7.34. The van der Waals surface area contributed by atoms with Crippen molar-refractivity contribution in [3.63, 3.8) is 0 Å². The molecule has 0 fully saturated rings. The Labute approximate surface area is 130 Å². The molecule has 0 bridgehead atoms. The van der Waals surface area contributed by atoms with Crippen molar-refractivity contribution in [2.75, 3.05) is 6.61 Å². The van der Waals surface area contributed by atoms with Gasteiger partial charge < -0.3 is 4.74 Å². The molecule has 0 radical (unpaired) electrons. The van der Waals surface area contributed by atoms with E-state index in [4.69, 9.17) is 9.57 Å². The van der Waals surface area contributed by atoms with Crippen LogP contribution in [0.25, 0.3) is 0 Å². The SMILES string of the molecule is CC1(CC(=O)NOCc2ccccc2)COc2ccccc21. The van der Waals surface area contributed by atoms with Gasteiger partial charge in [-0.3, -0.25) is 9.63 Å². The standard InChI is InChI=1S/C18H19NO3/c1-18(13-21-16-10-6-5-9-15(16)18)11-17(20)19-22-12-14-7-3-2-4-8-14/h2-10H,11-13H2,1H3,(H,19,20). The normalized spacial score (nSPS) is 19.3. The van der Waals surface area contributed by atoms with Crippen LogP contribution in [-0.4, -0.2) is 12.5 Å². The number of benzene rings is 2. The van der Waals surface area contributed by atoms with E-state index < -0.39 is 0 Å². The number of hydrogen-bond acceptors (Lipinski definition) is 3. The van der Waals surface area contributed by atoms with Crippen LogP contribution in [-0.2, 0) is 21.7 Å². The van der Waals surface area contributed by atoms with E-state index in [-0.39, 0.29) is 11.3 Å². The van der Waals surface area contributed by atoms with Crippen molar-refractivity contribution in [3.05, 3.63) is 65.7 Å². The van der Waals surface area contributed by atoms with E-state index in [0.717, 1.165) is 16.9 Å². The molecule has 114 valence electrons. The van der Waals surface area contributed by atoms with Crippen molar-refractivity contribution < 1.29 is 14.4 Å². The maximum absolute atomic E-state index is 12.1. The van der Waals surface area contributed by atoms with Gasteiger partial charge in [-0.25, -0.2) is 5.48 Å². The van der Waals surface area contributed by atoms with E-state index in [0.29, 0.717) is 19.6 Å². The Morgan fingerprint density at radius 2 is 1.91 bits per heavy atom. The fraction of sp³-hybridized carbons (Fsp3) is 0.278. The summed E-state index contributed by atoms with van der Waals surface area (Å²) in [6.07, 6.45) is 0.332. The lowest BCUT2D eigenvalue weighted by Gasteiger charge is -2.21. The zero-order valence-corrected chi connectivity index (χ0v) is 12.5. The van der Waals surface area contributed by atoms with Crippen LogP contribution >= 0.6 is 0 Å². The summed E-state index contributed by atoms with van der Waals surface area (Å²) in [5.41, 5.74) is 4.31. The maximum Gasteiger partial charge on any atom is 0.244 e. The lowest BCUT2D eigenvalue weighted by Crippen LogP contribution is -2.34. The molecule has 0 saturated carbocycles. The number of carbonyl (C=O) groups is 1. The molecule has 4 nitrogen and oxygen atoms in total. The van der Waals surface area contributed by atoms with Crippen molar-refractivity contribution in [1.82, 2.24) is 5.48 Å². The van der Waals surface area contributed by atoms with Crippen molar-refractivity contribution >= 4 is 5.91 Å². The van der Waals surface area contributed by atoms with Crippen molar-refractivity contribution in [2.45, 2.75) is 25.4 Å². The molecule has 3 rings (SSSR count). The van der Waals surface area contributed by atoms with Gasteiger partial charge in [0.2, 0.25) is 5.91 Å². The molecule has 2 aromatic rings. The second-order valence-electron chi connectivity index (χ2n) is 5.82. The number of hydrogen-bond donors (Lipinski definition) is 1. The summed E-state index contributed by atoms with van der Waals surface area (Å²) in [5.74, 6) is 0.724. The van der Waals surface area contributed by atoms with Gasteiger partial charge in [0, 0.05) is 17.4 Å². The minimum absolute atomic E-state index is 0.140. The fourth-order valence-corrected chi connectivity index (χ4v) is 2.72. The maximum atomic E-state index is 12.1. The second kappa shape index (κ2) is 6.20. The molecule has 1 atom stereocenters. The number of hydroxylamine groups is 1. The summed E-state index contributed by atoms with van der Waals surface area (Å²) in [6, 6.07) is 17.6. The van der Waals surface area contributed by atoms with Gasteiger partial charge >= 0.3 is 0 Å². The van der Waals surface area contributed by atoms with Gasteiger partial charge in [-0.2, -0.15) is 0 Å². The first kappa shape index (κ1) is 14.6. The average Bonchev–Trinajstić information content (AvgIpc) is 2.86. The van der Waals surface area contributed by atoms with Gasteiger partial charge in [0.05, 0.1) is 13.2 Å². The van der Waals surface area contributed by atoms with Crippen LogP contribution in [0, 0.1) is 0 Å². The zero-order valence-electron chi connectivity index (χ0n) is 12.5. The molecular formula is C18H19NO3. The van der Waals surface area contributed by atoms with Gasteiger partial charge in [-0.1, -0.05) is 55.5 Å². The first-order chi connectivity index (χ1) is 10.7. The number of para-hydroxylation sites is 1. The number of carbonyl (C=O) groups excluding carboxylic acids is 1. The lowest BCUT2D eigenvalue weighted by molar-refractivity contribution is -0.135. The highest BCUT2D eigenvalue weighted by atomic mass is 16.6. The molecule has 1 aliphatic heterocycles. The quantitative estimate of drug-likeness (QED) is 0.863. The molecule has 1 amide bonds. The Morgan fingerprint density at radius 3 is 2.73 bits per heavy atom. The van der Waals surface area contributed by atoms with Crippen LogP contribution in [0.2, 0.25) is 0 Å². The summed E-state index contributed by atoms with van der Waals surface area (Å²) in [6.45, 7) is 2.91. The predicted molar refractivity (Wildman–Crippen MR) is 83.3 cm³/mol. The number of ether oxygens (including phenoxy) is 1. The summed E-state index contributed by atoms with van der Waals surface area (Å²) in [5, 5.41) is 0. The third kappa shape index (κ3) is 3.12. The van der Waals surface area contributed by atoms with Crippen LogP contribution in [0.3, 0.4) is 0 Å². The van der Waals surface area contributed by atoms with Gasteiger partial charge in [0.25, 0.3) is 0 Å². The van der Waals surface area contributed by atoms with E-state index in [1.54, 1.807) is 0 Å². The summed E-state index contributed by atoms with van der Waals surface area (Å²) in [7, 11) is 0. The van der Waals surface area contributed by atoms with Gasteiger partial charge in [0.15, 0.2) is 0 Å². The Morgan fingerprint density at radius 1 is 1.18 bits per heavy atom. The van der Waals surface area contributed by atoms with Crippen LogP contribution in [0.15, 0.2) is 54.6 Å². The van der Waals surface area contributed by atoms with Gasteiger partial charge in [-0.05, 0) is 11.6 Å². The van der Waals surface area contributed by atoms with E-state index in [1.165, 1.54) is 0 Å². The highest BCUT2D eigenvalue weighted by molar-refractivity contribution is 5.77. The third-order valence-corrected chi connectivity index (χ3v) is 3.90. The number of nitrogens with one attached hydrogen (secondary N) is 1. The number of fused-ring (bicyclic) bond motifs is 1. The molecule has 1 N–H and O–H groups in total. The topological polar surface area (TPSA) is 47.6 Å². The first-order valence-corrected chi connectivity index (χ1v) is 7.34. The molecule has 0 aliphatic carbocycles. The minimum atomic E-state index is -0.309. The Kier molecular flexibility index (Phi) is 4.11. The lowest BCUT2D eigenvalue weighted by atomic mass is 9.81. The van der Waals surface area contributed by atoms with E-state index in [2.05, 4.69) is 5.48 Å². The van der Waals surface area contributed by atoms with E-state index >= 15 is 0 Å². The molecule has 1 aliphatic rings. The third-order valence-electron chi connectivity index (χ3n) is 3.90. The summed E-state index contributed by atoms with van der Waals surface area (Å²) in [4.78, 5) is 17.4. The van der Waals surface area contributed by atoms with Crippen molar-refractivity contribution in [3.8, 4) is 5.75 Å². The Hall–Kier alpha value is -2.33. The highest BCUT2D eigenvalue weighted by Gasteiger charge is 2.38. The van der Waals surface area contributed by atoms with Crippen molar-refractivity contribution in [1.29, 1.82) is 0 Å². The molecule has 1 heterocycles. The monoisotopic (exact) mass is 297 g/mol. The molecule has 0 aromatic heterocycles. The number of rotatable bonds is 5. The Bertz CT molecular complexity index is 656. The minimum Gasteiger partial charge on any atom is -0.492 e. The predicted octanol–water partition coefficient (Wildman–Crippen LogP) is 2.97. The van der Waals surface area contributed by atoms with Gasteiger partial charge in [-0.15, -0.1) is 0 Å². The van der Waals surface area contributed by atoms with Crippen molar-refractivity contribution in [2.24, 2.45) is 0 Å². The number of amides is 1. The van der Waals surface area contributed by atoms with Crippen LogP contribution in [0.5, 0.6) is 5.75 Å². The van der Waals surface area contributed by atoms with Crippen LogP contribution in [0.1, 0.15) is 24.5 Å². The van der Waals surface area contributed by atoms with E-state index in [1.807, 2.05) is 61.5 Å². The summed E-state index contributed by atoms with van der Waals surface area (Å²) < 4.78 is 5.67. The molecule has 0 saturated heterocycles. The highest BCUT2D eigenvalue weighted by Crippen LogP contribution is 2.40. The van der Waals surface area contributed by atoms with E-state index in [9.17, 15) is 4.79 Å². The zero-order chi connectivity index (χ0) is 15.4. The molecule has 22 heavy (non-hydrogen) atoms. The smallest absolute Gasteiger partial charge is 0.244 e. The van der Waals surface area contributed by atoms with Crippen LogP contribution in [0.4, 0.5) is 0 Å². The van der Waals surface area contributed by atoms with Crippen LogP contribution < -0.4 is 10.2 Å². The Balaban J connectivity index is 1.54. The fourth-order valence-electron chi connectivity index (χ4n) is 2.72. The largest absolute Gasteiger partial charge is 0.492 e. The molecule has 0 spiro atoms. The average molecular weight is 297 g/mol. The molecule has 2 aromatic carbocycles. The van der Waals surface area contributed by atoms with Gasteiger partial charge in [0.1, 0.15) is 5.75 Å². The molecular weight excluding hydrogens is 278 g/mol.